The molecule has 2 rings (SSSR count). The van der Waals surface area contributed by atoms with E-state index in [1.54, 1.807) is 0 Å². The van der Waals surface area contributed by atoms with Crippen molar-refractivity contribution in [3.05, 3.63) is 35.9 Å². The summed E-state index contributed by atoms with van der Waals surface area (Å²) in [5.74, 6) is 0.552. The summed E-state index contributed by atoms with van der Waals surface area (Å²) in [6.45, 7) is 6.41. The van der Waals surface area contributed by atoms with Gasteiger partial charge in [0.1, 0.15) is 0 Å². The van der Waals surface area contributed by atoms with Gasteiger partial charge in [0.25, 0.3) is 5.91 Å². The van der Waals surface area contributed by atoms with Gasteiger partial charge in [-0.3, -0.25) is 9.59 Å². The maximum absolute atomic E-state index is 12.0. The smallest absolute Gasteiger partial charge is 0.275 e. The number of piperidine rings is 1. The first-order chi connectivity index (χ1) is 11.5. The van der Waals surface area contributed by atoms with Crippen LogP contribution in [0.2, 0.25) is 0 Å². The Morgan fingerprint density at radius 2 is 1.79 bits per heavy atom. The molecule has 1 saturated heterocycles. The molecule has 1 heterocycles. The van der Waals surface area contributed by atoms with Crippen molar-refractivity contribution >= 4 is 11.8 Å². The number of likely N-dealkylation sites (tertiary alicyclic amines) is 1. The third kappa shape index (κ3) is 6.71. The van der Waals surface area contributed by atoms with Crippen LogP contribution in [0.3, 0.4) is 0 Å². The number of hydrogen-bond donors (Lipinski definition) is 3. The number of amides is 2. The quantitative estimate of drug-likeness (QED) is 0.666. The third-order valence-corrected chi connectivity index (χ3v) is 4.49. The van der Waals surface area contributed by atoms with E-state index in [2.05, 4.69) is 41.0 Å². The van der Waals surface area contributed by atoms with Crippen LogP contribution in [0.1, 0.15) is 32.3 Å². The van der Waals surface area contributed by atoms with E-state index in [4.69, 9.17) is 0 Å². The summed E-state index contributed by atoms with van der Waals surface area (Å²) >= 11 is 0. The van der Waals surface area contributed by atoms with Crippen molar-refractivity contribution in [2.45, 2.75) is 39.2 Å². The number of hydrogen-bond acceptors (Lipinski definition) is 2. The van der Waals surface area contributed by atoms with Gasteiger partial charge in [0, 0.05) is 6.04 Å². The van der Waals surface area contributed by atoms with Gasteiger partial charge in [-0.15, -0.1) is 0 Å². The second kappa shape index (κ2) is 9.42. The van der Waals surface area contributed by atoms with Gasteiger partial charge in [0.2, 0.25) is 5.91 Å². The molecule has 1 aromatic rings. The summed E-state index contributed by atoms with van der Waals surface area (Å²) < 4.78 is 0. The summed E-state index contributed by atoms with van der Waals surface area (Å²) in [6.07, 6.45) is 3.45. The molecule has 0 saturated carbocycles. The molecule has 5 nitrogen and oxygen atoms in total. The third-order valence-electron chi connectivity index (χ3n) is 4.49. The Kier molecular flexibility index (Phi) is 7.25. The van der Waals surface area contributed by atoms with Crippen LogP contribution < -0.4 is 15.5 Å². The van der Waals surface area contributed by atoms with Crippen LogP contribution in [-0.4, -0.2) is 44.0 Å². The summed E-state index contributed by atoms with van der Waals surface area (Å²) in [7, 11) is 0. The molecule has 2 amide bonds. The Morgan fingerprint density at radius 1 is 1.12 bits per heavy atom. The largest absolute Gasteiger partial charge is 0.352 e. The molecule has 1 fully saturated rings. The number of rotatable bonds is 7. The minimum absolute atomic E-state index is 0.0367. The van der Waals surface area contributed by atoms with Crippen LogP contribution in [0.15, 0.2) is 30.3 Å². The zero-order valence-corrected chi connectivity index (χ0v) is 14.8. The van der Waals surface area contributed by atoms with Gasteiger partial charge in [-0.2, -0.15) is 0 Å². The topological polar surface area (TPSA) is 62.6 Å². The van der Waals surface area contributed by atoms with Crippen LogP contribution in [0.25, 0.3) is 0 Å². The predicted octanol–water partition coefficient (Wildman–Crippen LogP) is 0.165. The molecule has 0 bridgehead atoms. The Bertz CT molecular complexity index is 523. The molecule has 0 radical (unpaired) electrons. The molecule has 3 N–H and O–H groups in total. The lowest BCUT2D eigenvalue weighted by Gasteiger charge is -2.29. The first-order valence-electron chi connectivity index (χ1n) is 8.96. The maximum atomic E-state index is 12.0. The standard InChI is InChI=1S/C19H29N3O2/c1-15(2)21-18(23)13-20-19(24)14-22-10-8-17(9-11-22)12-16-6-4-3-5-7-16/h3-7,15,17H,8-14H2,1-2H3,(H,20,24)(H,21,23)/p+1. The van der Waals surface area contributed by atoms with Gasteiger partial charge in [-0.1, -0.05) is 30.3 Å². The highest BCUT2D eigenvalue weighted by atomic mass is 16.2. The molecule has 0 aromatic heterocycles. The molecule has 1 aromatic carbocycles. The van der Waals surface area contributed by atoms with Crippen LogP contribution >= 0.6 is 0 Å². The van der Waals surface area contributed by atoms with Gasteiger partial charge in [0.05, 0.1) is 19.6 Å². The molecule has 5 heteroatoms. The van der Waals surface area contributed by atoms with E-state index in [9.17, 15) is 9.59 Å². The SMILES string of the molecule is CC(C)NC(=O)CNC(=O)C[NH+]1CCC(Cc2ccccc2)CC1. The first-order valence-corrected chi connectivity index (χ1v) is 8.96. The Labute approximate surface area is 144 Å². The minimum atomic E-state index is -0.130. The molecule has 24 heavy (non-hydrogen) atoms. The molecule has 1 aliphatic rings. The zero-order valence-electron chi connectivity index (χ0n) is 14.8. The number of benzene rings is 1. The van der Waals surface area contributed by atoms with E-state index >= 15 is 0 Å². The van der Waals surface area contributed by atoms with Gasteiger partial charge < -0.3 is 15.5 Å². The second-order valence-electron chi connectivity index (χ2n) is 7.06. The highest BCUT2D eigenvalue weighted by Crippen LogP contribution is 2.16. The summed E-state index contributed by atoms with van der Waals surface area (Å²) in [6, 6.07) is 10.7. The molecule has 0 aliphatic carbocycles. The van der Waals surface area contributed by atoms with Crippen molar-refractivity contribution in [1.29, 1.82) is 0 Å². The van der Waals surface area contributed by atoms with Crippen LogP contribution in [0.4, 0.5) is 0 Å². The Morgan fingerprint density at radius 3 is 2.42 bits per heavy atom. The van der Waals surface area contributed by atoms with Crippen LogP contribution in [-0.2, 0) is 16.0 Å². The van der Waals surface area contributed by atoms with Gasteiger partial charge in [-0.05, 0) is 44.6 Å². The normalized spacial score (nSPS) is 20.6. The lowest BCUT2D eigenvalue weighted by Crippen LogP contribution is -3.14. The molecule has 1 aliphatic heterocycles. The van der Waals surface area contributed by atoms with Gasteiger partial charge in [-0.25, -0.2) is 0 Å². The van der Waals surface area contributed by atoms with Crippen molar-refractivity contribution in [3.63, 3.8) is 0 Å². The zero-order chi connectivity index (χ0) is 17.4. The van der Waals surface area contributed by atoms with Crippen molar-refractivity contribution in [2.24, 2.45) is 5.92 Å². The van der Waals surface area contributed by atoms with E-state index < -0.39 is 0 Å². The van der Waals surface area contributed by atoms with Gasteiger partial charge >= 0.3 is 0 Å². The monoisotopic (exact) mass is 332 g/mol. The molecule has 0 atom stereocenters. The van der Waals surface area contributed by atoms with E-state index in [1.807, 2.05) is 13.8 Å². The highest BCUT2D eigenvalue weighted by Gasteiger charge is 2.24. The molecule has 132 valence electrons. The van der Waals surface area contributed by atoms with Crippen molar-refractivity contribution in [3.8, 4) is 0 Å². The molecular weight excluding hydrogens is 302 g/mol. The van der Waals surface area contributed by atoms with Crippen molar-refractivity contribution in [2.75, 3.05) is 26.2 Å². The summed E-state index contributed by atoms with van der Waals surface area (Å²) in [5.41, 5.74) is 1.40. The van der Waals surface area contributed by atoms with Gasteiger partial charge in [0.15, 0.2) is 6.54 Å². The fraction of sp³-hybridized carbons (Fsp3) is 0.579. The van der Waals surface area contributed by atoms with Crippen molar-refractivity contribution in [1.82, 2.24) is 10.6 Å². The average molecular weight is 332 g/mol. The van der Waals surface area contributed by atoms with E-state index in [0.717, 1.165) is 38.3 Å². The number of carbonyl (C=O) groups is 2. The Balaban J connectivity index is 1.63. The van der Waals surface area contributed by atoms with E-state index in [-0.39, 0.29) is 24.4 Å². The molecule has 0 unspecified atom stereocenters. The first kappa shape index (κ1) is 18.5. The lowest BCUT2D eigenvalue weighted by molar-refractivity contribution is -0.898. The maximum Gasteiger partial charge on any atom is 0.275 e. The Hall–Kier alpha value is -1.88. The van der Waals surface area contributed by atoms with Crippen molar-refractivity contribution < 1.29 is 14.5 Å². The lowest BCUT2D eigenvalue weighted by atomic mass is 9.90. The van der Waals surface area contributed by atoms with Crippen LogP contribution in [0, 0.1) is 5.92 Å². The fourth-order valence-corrected chi connectivity index (χ4v) is 3.26. The number of quaternary nitrogens is 1. The molecular formula is C19H30N3O2+. The summed E-state index contributed by atoms with van der Waals surface area (Å²) in [4.78, 5) is 24.8. The summed E-state index contributed by atoms with van der Waals surface area (Å²) in [5, 5.41) is 5.48. The minimum Gasteiger partial charge on any atom is -0.352 e. The second-order valence-corrected chi connectivity index (χ2v) is 7.06. The number of nitrogens with one attached hydrogen (secondary N) is 3. The fourth-order valence-electron chi connectivity index (χ4n) is 3.26. The van der Waals surface area contributed by atoms with E-state index in [1.165, 1.54) is 10.5 Å². The highest BCUT2D eigenvalue weighted by molar-refractivity contribution is 5.85. The molecule has 0 spiro atoms. The van der Waals surface area contributed by atoms with Crippen LogP contribution in [0.5, 0.6) is 0 Å². The number of carbonyl (C=O) groups excluding carboxylic acids is 2. The average Bonchev–Trinajstić information content (AvgIpc) is 2.55. The predicted molar refractivity (Wildman–Crippen MR) is 94.7 cm³/mol. The van der Waals surface area contributed by atoms with E-state index in [0.29, 0.717) is 6.54 Å².